The van der Waals surface area contributed by atoms with E-state index in [1.54, 1.807) is 0 Å². The van der Waals surface area contributed by atoms with E-state index in [0.717, 1.165) is 4.47 Å². The fourth-order valence-corrected chi connectivity index (χ4v) is 4.48. The fraction of sp³-hybridized carbons (Fsp3) is 0.545. The molecule has 2 rings (SSSR count). The van der Waals surface area contributed by atoms with E-state index < -0.39 is 53.7 Å². The van der Waals surface area contributed by atoms with Gasteiger partial charge in [0.1, 0.15) is 23.9 Å². The minimum Gasteiger partial charge on any atom is -0.493 e. The predicted octanol–water partition coefficient (Wildman–Crippen LogP) is 2.64. The Hall–Kier alpha value is -2.31. The molecule has 0 N–H and O–H groups in total. The van der Waals surface area contributed by atoms with Crippen molar-refractivity contribution in [1.82, 2.24) is 0 Å². The molecule has 5 atom stereocenters. The van der Waals surface area contributed by atoms with Crippen molar-refractivity contribution < 1.29 is 47.6 Å². The monoisotopic (exact) mass is 562 g/mol. The molecule has 1 saturated heterocycles. The third-order valence-electron chi connectivity index (χ3n) is 4.40. The number of carbonyl (C=O) groups is 4. The van der Waals surface area contributed by atoms with Crippen molar-refractivity contribution in [2.24, 2.45) is 0 Å². The molecule has 10 nitrogen and oxygen atoms in total. The van der Waals surface area contributed by atoms with Crippen LogP contribution < -0.4 is 4.74 Å². The Balaban J connectivity index is 2.20. The van der Waals surface area contributed by atoms with Crippen molar-refractivity contribution >= 4 is 51.6 Å². The second-order valence-electron chi connectivity index (χ2n) is 7.24. The number of hydrogen-bond donors (Lipinski definition) is 0. The highest BCUT2D eigenvalue weighted by molar-refractivity contribution is 9.10. The third kappa shape index (κ3) is 9.15. The van der Waals surface area contributed by atoms with Crippen LogP contribution in [0.2, 0.25) is 0 Å². The minimum absolute atomic E-state index is 0.260. The van der Waals surface area contributed by atoms with Crippen LogP contribution in [0.4, 0.5) is 0 Å². The van der Waals surface area contributed by atoms with Crippen molar-refractivity contribution in [2.75, 3.05) is 19.0 Å². The highest BCUT2D eigenvalue weighted by atomic mass is 79.9. The zero-order valence-corrected chi connectivity index (χ0v) is 21.6. The van der Waals surface area contributed by atoms with E-state index in [2.05, 4.69) is 15.9 Å². The van der Waals surface area contributed by atoms with Gasteiger partial charge in [0.2, 0.25) is 0 Å². The second-order valence-corrected chi connectivity index (χ2v) is 9.36. The summed E-state index contributed by atoms with van der Waals surface area (Å²) in [7, 11) is 0. The van der Waals surface area contributed by atoms with E-state index in [0.29, 0.717) is 18.1 Å². The topological polar surface area (TPSA) is 124 Å². The summed E-state index contributed by atoms with van der Waals surface area (Å²) in [4.78, 5) is 46.8. The first-order valence-electron chi connectivity index (χ1n) is 10.4. The van der Waals surface area contributed by atoms with Gasteiger partial charge < -0.3 is 28.4 Å². The van der Waals surface area contributed by atoms with E-state index in [-0.39, 0.29) is 6.61 Å². The SMILES string of the molecule is CC(=O)OCC1OC(SCCOc2ccc(Br)cc2)C(OC(C)=O)C(OC(C)=O)C1OC(C)=O. The summed E-state index contributed by atoms with van der Waals surface area (Å²) in [6.45, 7) is 4.83. The van der Waals surface area contributed by atoms with Gasteiger partial charge in [0, 0.05) is 37.9 Å². The molecule has 5 unspecified atom stereocenters. The van der Waals surface area contributed by atoms with E-state index in [1.807, 2.05) is 24.3 Å². The maximum atomic E-state index is 11.8. The first-order valence-corrected chi connectivity index (χ1v) is 12.2. The molecule has 1 heterocycles. The third-order valence-corrected chi connectivity index (χ3v) is 6.03. The number of esters is 4. The quantitative estimate of drug-likeness (QED) is 0.237. The molecule has 188 valence electrons. The highest BCUT2D eigenvalue weighted by Crippen LogP contribution is 2.34. The molecule has 0 aliphatic carbocycles. The van der Waals surface area contributed by atoms with Crippen LogP contribution in [0.1, 0.15) is 27.7 Å². The molecule has 1 aromatic carbocycles. The van der Waals surface area contributed by atoms with Gasteiger partial charge in [-0.1, -0.05) is 15.9 Å². The number of carbonyl (C=O) groups excluding carboxylic acids is 4. The summed E-state index contributed by atoms with van der Waals surface area (Å²) in [6, 6.07) is 7.32. The first-order chi connectivity index (χ1) is 16.1. The van der Waals surface area contributed by atoms with Gasteiger partial charge in [-0.3, -0.25) is 19.2 Å². The Kier molecular flexibility index (Phi) is 11.1. The summed E-state index contributed by atoms with van der Waals surface area (Å²) in [5, 5.41) is 0. The Morgan fingerprint density at radius 2 is 1.41 bits per heavy atom. The lowest BCUT2D eigenvalue weighted by Crippen LogP contribution is -2.61. The summed E-state index contributed by atoms with van der Waals surface area (Å²) < 4.78 is 33.9. The Morgan fingerprint density at radius 1 is 0.853 bits per heavy atom. The molecule has 0 saturated carbocycles. The standard InChI is InChI=1S/C22H27BrO10S/c1-12(24)29-11-18-19(30-13(2)25)20(31-14(3)26)21(32-15(4)27)22(33-18)34-10-9-28-17-7-5-16(23)6-8-17/h5-8,18-22H,9-11H2,1-4H3. The number of hydrogen-bond acceptors (Lipinski definition) is 11. The van der Waals surface area contributed by atoms with Crippen LogP contribution in [0, 0.1) is 0 Å². The predicted molar refractivity (Wildman–Crippen MR) is 124 cm³/mol. The van der Waals surface area contributed by atoms with Crippen LogP contribution in [-0.2, 0) is 42.9 Å². The molecule has 12 heteroatoms. The molecule has 34 heavy (non-hydrogen) atoms. The zero-order valence-electron chi connectivity index (χ0n) is 19.2. The Labute approximate surface area is 210 Å². The maximum Gasteiger partial charge on any atom is 0.303 e. The lowest BCUT2D eigenvalue weighted by atomic mass is 9.99. The number of halogens is 1. The van der Waals surface area contributed by atoms with Crippen LogP contribution in [-0.4, -0.2) is 72.7 Å². The normalized spacial score (nSPS) is 24.0. The van der Waals surface area contributed by atoms with Gasteiger partial charge >= 0.3 is 23.9 Å². The van der Waals surface area contributed by atoms with Gasteiger partial charge in [-0.15, -0.1) is 11.8 Å². The smallest absolute Gasteiger partial charge is 0.303 e. The number of benzene rings is 1. The van der Waals surface area contributed by atoms with E-state index in [4.69, 9.17) is 28.4 Å². The van der Waals surface area contributed by atoms with Crippen molar-refractivity contribution in [3.8, 4) is 5.75 Å². The number of rotatable bonds is 10. The van der Waals surface area contributed by atoms with Crippen molar-refractivity contribution in [1.29, 1.82) is 0 Å². The van der Waals surface area contributed by atoms with Gasteiger partial charge in [0.25, 0.3) is 0 Å². The average molecular weight is 563 g/mol. The zero-order chi connectivity index (χ0) is 25.3. The lowest BCUT2D eigenvalue weighted by Gasteiger charge is -2.44. The Morgan fingerprint density at radius 3 is 1.97 bits per heavy atom. The molecule has 0 bridgehead atoms. The molecular weight excluding hydrogens is 536 g/mol. The molecule has 0 aromatic heterocycles. The lowest BCUT2D eigenvalue weighted by molar-refractivity contribution is -0.237. The molecular formula is C22H27BrO10S. The first kappa shape index (κ1) is 27.9. The van der Waals surface area contributed by atoms with Gasteiger partial charge in [-0.2, -0.15) is 0 Å². The summed E-state index contributed by atoms with van der Waals surface area (Å²) in [5.74, 6) is -1.45. The van der Waals surface area contributed by atoms with Crippen LogP contribution >= 0.6 is 27.7 Å². The second kappa shape index (κ2) is 13.5. The van der Waals surface area contributed by atoms with Crippen molar-refractivity contribution in [3.63, 3.8) is 0 Å². The fourth-order valence-electron chi connectivity index (χ4n) is 3.18. The van der Waals surface area contributed by atoms with Gasteiger partial charge in [0.05, 0.1) is 6.61 Å². The summed E-state index contributed by atoms with van der Waals surface area (Å²) in [6.07, 6.45) is -4.39. The van der Waals surface area contributed by atoms with Crippen molar-refractivity contribution in [2.45, 2.75) is 57.5 Å². The van der Waals surface area contributed by atoms with E-state index in [9.17, 15) is 19.2 Å². The van der Waals surface area contributed by atoms with Crippen LogP contribution in [0.3, 0.4) is 0 Å². The molecule has 1 fully saturated rings. The highest BCUT2D eigenvalue weighted by Gasteiger charge is 2.52. The minimum atomic E-state index is -1.18. The molecule has 1 aliphatic rings. The molecule has 0 radical (unpaired) electrons. The summed E-state index contributed by atoms with van der Waals surface area (Å²) >= 11 is 4.61. The van der Waals surface area contributed by atoms with Crippen LogP contribution in [0.5, 0.6) is 5.75 Å². The largest absolute Gasteiger partial charge is 0.493 e. The van der Waals surface area contributed by atoms with E-state index in [1.165, 1.54) is 39.5 Å². The van der Waals surface area contributed by atoms with Gasteiger partial charge in [-0.25, -0.2) is 0 Å². The maximum absolute atomic E-state index is 11.8. The van der Waals surface area contributed by atoms with Gasteiger partial charge in [-0.05, 0) is 24.3 Å². The molecule has 1 aromatic rings. The molecule has 1 aliphatic heterocycles. The van der Waals surface area contributed by atoms with Crippen LogP contribution in [0.25, 0.3) is 0 Å². The molecule has 0 amide bonds. The van der Waals surface area contributed by atoms with Gasteiger partial charge in [0.15, 0.2) is 18.3 Å². The number of ether oxygens (including phenoxy) is 6. The van der Waals surface area contributed by atoms with Crippen LogP contribution in [0.15, 0.2) is 28.7 Å². The van der Waals surface area contributed by atoms with Crippen molar-refractivity contribution in [3.05, 3.63) is 28.7 Å². The summed E-state index contributed by atoms with van der Waals surface area (Å²) in [5.41, 5.74) is -0.825. The average Bonchev–Trinajstić information content (AvgIpc) is 2.74. The number of thioether (sulfide) groups is 1. The molecule has 0 spiro atoms. The Bertz CT molecular complexity index is 862. The van der Waals surface area contributed by atoms with E-state index >= 15 is 0 Å².